The van der Waals surface area contributed by atoms with Crippen molar-refractivity contribution in [2.45, 2.75) is 45.7 Å². The van der Waals surface area contributed by atoms with Gasteiger partial charge in [-0.15, -0.1) is 0 Å². The quantitative estimate of drug-likeness (QED) is 0.733. The molecule has 6 heteroatoms. The van der Waals surface area contributed by atoms with Crippen molar-refractivity contribution in [3.05, 3.63) is 53.9 Å². The predicted octanol–water partition coefficient (Wildman–Crippen LogP) is 4.73. The number of nitrogens with zero attached hydrogens (tertiary/aromatic N) is 2. The first-order valence-electron chi connectivity index (χ1n) is 10.3. The summed E-state index contributed by atoms with van der Waals surface area (Å²) in [6.45, 7) is 7.59. The molecule has 6 nitrogen and oxygen atoms in total. The normalized spacial score (nSPS) is 17.3. The molecule has 2 heterocycles. The maximum absolute atomic E-state index is 13.0. The number of ether oxygens (including phenoxy) is 2. The first kappa shape index (κ1) is 21.0. The zero-order chi connectivity index (χ0) is 20.8. The summed E-state index contributed by atoms with van der Waals surface area (Å²) in [4.78, 5) is 19.0. The van der Waals surface area contributed by atoms with Gasteiger partial charge in [0.05, 0.1) is 25.8 Å². The maximum Gasteiger partial charge on any atom is 0.318 e. The molecule has 0 aliphatic carbocycles. The molecule has 1 aromatic carbocycles. The maximum atomic E-state index is 13.0. The number of carbonyl (C=O) groups excluding carboxylic acids is 1. The Balaban J connectivity index is 1.67. The molecule has 1 saturated heterocycles. The minimum Gasteiger partial charge on any atom is -0.493 e. The second kappa shape index (κ2) is 9.63. The van der Waals surface area contributed by atoms with Crippen molar-refractivity contribution < 1.29 is 14.3 Å². The van der Waals surface area contributed by atoms with E-state index < -0.39 is 0 Å². The Labute approximate surface area is 173 Å². The zero-order valence-corrected chi connectivity index (χ0v) is 17.7. The van der Waals surface area contributed by atoms with E-state index in [4.69, 9.17) is 9.47 Å². The Bertz CT molecular complexity index is 810. The Morgan fingerprint density at radius 3 is 2.66 bits per heavy atom. The smallest absolute Gasteiger partial charge is 0.318 e. The lowest BCUT2D eigenvalue weighted by molar-refractivity contribution is 0.189. The third-order valence-electron chi connectivity index (χ3n) is 5.20. The van der Waals surface area contributed by atoms with Crippen LogP contribution in [-0.4, -0.2) is 36.2 Å². The third-order valence-corrected chi connectivity index (χ3v) is 5.20. The molecule has 2 amide bonds. The van der Waals surface area contributed by atoms with E-state index >= 15 is 0 Å². The van der Waals surface area contributed by atoms with Gasteiger partial charge >= 0.3 is 6.03 Å². The van der Waals surface area contributed by atoms with Gasteiger partial charge in [0.1, 0.15) is 0 Å². The van der Waals surface area contributed by atoms with Crippen LogP contribution in [-0.2, 0) is 0 Å². The average molecular weight is 398 g/mol. The highest BCUT2D eigenvalue weighted by Crippen LogP contribution is 2.33. The Morgan fingerprint density at radius 1 is 1.21 bits per heavy atom. The van der Waals surface area contributed by atoms with E-state index in [1.807, 2.05) is 42.2 Å². The second-order valence-corrected chi connectivity index (χ2v) is 7.92. The topological polar surface area (TPSA) is 63.7 Å². The number of pyridine rings is 1. The first-order chi connectivity index (χ1) is 14.0. The van der Waals surface area contributed by atoms with E-state index in [0.29, 0.717) is 18.3 Å². The molecule has 2 aromatic rings. The Kier molecular flexibility index (Phi) is 6.96. The number of benzene rings is 1. The highest BCUT2D eigenvalue weighted by molar-refractivity contribution is 5.75. The van der Waals surface area contributed by atoms with Gasteiger partial charge in [-0.2, -0.15) is 0 Å². The van der Waals surface area contributed by atoms with Crippen molar-refractivity contribution in [2.24, 2.45) is 5.92 Å². The minimum atomic E-state index is -0.144. The summed E-state index contributed by atoms with van der Waals surface area (Å²) in [5.74, 6) is 1.84. The van der Waals surface area contributed by atoms with Gasteiger partial charge in [-0.1, -0.05) is 19.9 Å². The molecule has 29 heavy (non-hydrogen) atoms. The van der Waals surface area contributed by atoms with E-state index in [-0.39, 0.29) is 18.1 Å². The van der Waals surface area contributed by atoms with E-state index in [9.17, 15) is 4.79 Å². The minimum absolute atomic E-state index is 0.0455. The Morgan fingerprint density at radius 2 is 1.97 bits per heavy atom. The van der Waals surface area contributed by atoms with Crippen LogP contribution in [0.2, 0.25) is 0 Å². The molecule has 1 aromatic heterocycles. The largest absolute Gasteiger partial charge is 0.493 e. The predicted molar refractivity (Wildman–Crippen MR) is 113 cm³/mol. The van der Waals surface area contributed by atoms with Crippen molar-refractivity contribution in [1.29, 1.82) is 0 Å². The van der Waals surface area contributed by atoms with Gasteiger partial charge in [0.25, 0.3) is 0 Å². The van der Waals surface area contributed by atoms with E-state index in [0.717, 1.165) is 36.3 Å². The van der Waals surface area contributed by atoms with Crippen molar-refractivity contribution in [2.75, 3.05) is 20.3 Å². The molecule has 2 unspecified atom stereocenters. The summed E-state index contributed by atoms with van der Waals surface area (Å²) in [7, 11) is 1.63. The van der Waals surface area contributed by atoms with Crippen LogP contribution in [0.5, 0.6) is 11.5 Å². The van der Waals surface area contributed by atoms with Crippen molar-refractivity contribution in [3.8, 4) is 11.5 Å². The van der Waals surface area contributed by atoms with Gasteiger partial charge in [-0.25, -0.2) is 4.79 Å². The van der Waals surface area contributed by atoms with Crippen molar-refractivity contribution in [1.82, 2.24) is 15.2 Å². The van der Waals surface area contributed by atoms with Gasteiger partial charge in [0.2, 0.25) is 0 Å². The second-order valence-electron chi connectivity index (χ2n) is 7.92. The van der Waals surface area contributed by atoms with Crippen molar-refractivity contribution >= 4 is 6.03 Å². The molecule has 2 atom stereocenters. The molecule has 0 radical (unpaired) electrons. The van der Waals surface area contributed by atoms with Crippen LogP contribution in [0.25, 0.3) is 0 Å². The van der Waals surface area contributed by atoms with Crippen LogP contribution in [0.15, 0.2) is 42.7 Å². The summed E-state index contributed by atoms with van der Waals surface area (Å²) in [5, 5.41) is 3.13. The van der Waals surface area contributed by atoms with Crippen LogP contribution in [0.4, 0.5) is 4.79 Å². The molecular formula is C23H31N3O3. The van der Waals surface area contributed by atoms with Gasteiger partial charge in [-0.3, -0.25) is 4.98 Å². The molecule has 156 valence electrons. The van der Waals surface area contributed by atoms with E-state index in [1.165, 1.54) is 0 Å². The van der Waals surface area contributed by atoms with E-state index in [2.05, 4.69) is 24.1 Å². The number of amides is 2. The number of rotatable bonds is 7. The standard InChI is InChI=1S/C23H31N3O3/c1-16(2)15-29-21-8-7-19(14-22(21)28-4)17(3)25-23(27)26-13-5-6-20(26)18-9-11-24-12-10-18/h7-12,14,16-17,20H,5-6,13,15H2,1-4H3,(H,25,27). The molecule has 0 bridgehead atoms. The number of hydrogen-bond acceptors (Lipinski definition) is 4. The number of likely N-dealkylation sites (tertiary alicyclic amines) is 1. The van der Waals surface area contributed by atoms with Crippen LogP contribution in [0.3, 0.4) is 0 Å². The number of methoxy groups -OCH3 is 1. The number of aromatic nitrogens is 1. The summed E-state index contributed by atoms with van der Waals surface area (Å²) in [6, 6.07) is 9.71. The summed E-state index contributed by atoms with van der Waals surface area (Å²) >= 11 is 0. The SMILES string of the molecule is COc1cc(C(C)NC(=O)N2CCCC2c2ccncc2)ccc1OCC(C)C. The molecule has 0 saturated carbocycles. The molecule has 3 rings (SSSR count). The average Bonchev–Trinajstić information content (AvgIpc) is 3.22. The lowest BCUT2D eigenvalue weighted by atomic mass is 10.1. The van der Waals surface area contributed by atoms with Gasteiger partial charge in [-0.05, 0) is 61.1 Å². The van der Waals surface area contributed by atoms with Crippen molar-refractivity contribution in [3.63, 3.8) is 0 Å². The highest BCUT2D eigenvalue weighted by atomic mass is 16.5. The number of nitrogens with one attached hydrogen (secondary N) is 1. The molecule has 1 N–H and O–H groups in total. The molecule has 1 aliphatic heterocycles. The fourth-order valence-electron chi connectivity index (χ4n) is 3.62. The van der Waals surface area contributed by atoms with Gasteiger partial charge < -0.3 is 19.7 Å². The van der Waals surface area contributed by atoms with Crippen LogP contribution < -0.4 is 14.8 Å². The van der Waals surface area contributed by atoms with Crippen LogP contribution in [0, 0.1) is 5.92 Å². The number of hydrogen-bond donors (Lipinski definition) is 1. The van der Waals surface area contributed by atoms with Gasteiger partial charge in [0.15, 0.2) is 11.5 Å². The monoisotopic (exact) mass is 397 g/mol. The number of carbonyl (C=O) groups is 1. The highest BCUT2D eigenvalue weighted by Gasteiger charge is 2.30. The van der Waals surface area contributed by atoms with Crippen LogP contribution >= 0.6 is 0 Å². The van der Waals surface area contributed by atoms with Crippen LogP contribution in [0.1, 0.15) is 56.8 Å². The molecular weight excluding hydrogens is 366 g/mol. The summed E-state index contributed by atoms with van der Waals surface area (Å²) < 4.78 is 11.3. The zero-order valence-electron chi connectivity index (χ0n) is 17.7. The lowest BCUT2D eigenvalue weighted by Crippen LogP contribution is -2.40. The molecule has 1 fully saturated rings. The Hall–Kier alpha value is -2.76. The number of urea groups is 1. The fraction of sp³-hybridized carbons (Fsp3) is 0.478. The first-order valence-corrected chi connectivity index (χ1v) is 10.3. The fourth-order valence-corrected chi connectivity index (χ4v) is 3.62. The molecule has 0 spiro atoms. The van der Waals surface area contributed by atoms with E-state index in [1.54, 1.807) is 19.5 Å². The molecule has 1 aliphatic rings. The summed E-state index contributed by atoms with van der Waals surface area (Å²) in [6.07, 6.45) is 5.54. The summed E-state index contributed by atoms with van der Waals surface area (Å²) in [5.41, 5.74) is 2.11. The lowest BCUT2D eigenvalue weighted by Gasteiger charge is -2.27. The third kappa shape index (κ3) is 5.19. The van der Waals surface area contributed by atoms with Gasteiger partial charge in [0, 0.05) is 18.9 Å².